The minimum atomic E-state index is -3.68. The van der Waals surface area contributed by atoms with Crippen LogP contribution in [0.2, 0.25) is 0 Å². The van der Waals surface area contributed by atoms with Crippen molar-refractivity contribution in [3.63, 3.8) is 0 Å². The third kappa shape index (κ3) is 5.21. The van der Waals surface area contributed by atoms with E-state index in [9.17, 15) is 28.1 Å². The van der Waals surface area contributed by atoms with Gasteiger partial charge in [-0.1, -0.05) is 51.1 Å². The van der Waals surface area contributed by atoms with Crippen LogP contribution in [0.25, 0.3) is 0 Å². The number of carbonyl (C=O) groups is 2. The fourth-order valence-corrected chi connectivity index (χ4v) is 4.93. The molecule has 1 saturated heterocycles. The van der Waals surface area contributed by atoms with E-state index in [-0.39, 0.29) is 25.3 Å². The first-order valence-corrected chi connectivity index (χ1v) is 11.8. The third-order valence-corrected chi connectivity index (χ3v) is 6.28. The lowest BCUT2D eigenvalue weighted by Gasteiger charge is -2.34. The van der Waals surface area contributed by atoms with Gasteiger partial charge in [0.25, 0.3) is 0 Å². The summed E-state index contributed by atoms with van der Waals surface area (Å²) in [6.07, 6.45) is 1.50. The van der Waals surface area contributed by atoms with E-state index in [0.717, 1.165) is 6.26 Å². The Kier molecular flexibility index (Phi) is 7.67. The molecule has 1 aliphatic rings. The van der Waals surface area contributed by atoms with Crippen molar-refractivity contribution in [3.8, 4) is 0 Å². The van der Waals surface area contributed by atoms with E-state index >= 15 is 0 Å². The van der Waals surface area contributed by atoms with Crippen LogP contribution < -0.4 is 10.0 Å². The Morgan fingerprint density at radius 2 is 1.87 bits per heavy atom. The first kappa shape index (κ1) is 24.3. The summed E-state index contributed by atoms with van der Waals surface area (Å²) in [6.45, 7) is 5.38. The summed E-state index contributed by atoms with van der Waals surface area (Å²) in [6, 6.07) is 7.62. The Hall–Kier alpha value is -1.95. The van der Waals surface area contributed by atoms with Gasteiger partial charge in [-0.2, -0.15) is 4.72 Å². The summed E-state index contributed by atoms with van der Waals surface area (Å²) in [5.74, 6) is -2.28. The molecule has 1 aromatic rings. The zero-order valence-corrected chi connectivity index (χ0v) is 18.5. The van der Waals surface area contributed by atoms with Gasteiger partial charge in [0.1, 0.15) is 11.6 Å². The monoisotopic (exact) mass is 439 g/mol. The third-order valence-electron chi connectivity index (χ3n) is 5.55. The molecule has 0 spiro atoms. The molecule has 1 aromatic carbocycles. The maximum Gasteiger partial charge on any atom is 0.475 e. The summed E-state index contributed by atoms with van der Waals surface area (Å²) >= 11 is 0. The van der Waals surface area contributed by atoms with Gasteiger partial charge >= 0.3 is 7.12 Å². The van der Waals surface area contributed by atoms with Crippen LogP contribution >= 0.6 is 0 Å². The van der Waals surface area contributed by atoms with Crippen molar-refractivity contribution in [2.45, 2.75) is 51.1 Å². The van der Waals surface area contributed by atoms with Crippen molar-refractivity contribution in [3.05, 3.63) is 35.9 Å². The average molecular weight is 439 g/mol. The molecule has 1 aliphatic heterocycles. The lowest BCUT2D eigenvalue weighted by Crippen LogP contribution is -2.58. The maximum absolute atomic E-state index is 13.5. The Morgan fingerprint density at radius 1 is 1.27 bits per heavy atom. The van der Waals surface area contributed by atoms with Crippen molar-refractivity contribution in [2.75, 3.05) is 12.8 Å². The Balaban J connectivity index is 2.45. The zero-order valence-electron chi connectivity index (χ0n) is 17.7. The number of amides is 2. The van der Waals surface area contributed by atoms with Crippen molar-refractivity contribution >= 4 is 29.0 Å². The van der Waals surface area contributed by atoms with Crippen molar-refractivity contribution < 1.29 is 28.1 Å². The number of likely N-dealkylation sites (tertiary alicyclic amines) is 1. The van der Waals surface area contributed by atoms with E-state index in [1.807, 2.05) is 0 Å². The number of hydrogen-bond donors (Lipinski definition) is 4. The van der Waals surface area contributed by atoms with Gasteiger partial charge in [0, 0.05) is 6.54 Å². The molecule has 0 saturated carbocycles. The SMILES string of the molecule is CCC(NC(=O)C(c1ccccc1)N1CCC(NS(C)(=O)=O)(C(C)C)C1=O)B(O)O. The Labute approximate surface area is 178 Å². The van der Waals surface area contributed by atoms with E-state index in [0.29, 0.717) is 5.56 Å². The van der Waals surface area contributed by atoms with Gasteiger partial charge < -0.3 is 20.3 Å². The smallest absolute Gasteiger partial charge is 0.426 e. The van der Waals surface area contributed by atoms with Crippen LogP contribution in [-0.4, -0.2) is 66.6 Å². The number of benzene rings is 1. The topological polar surface area (TPSA) is 136 Å². The van der Waals surface area contributed by atoms with Crippen LogP contribution in [0.3, 0.4) is 0 Å². The minimum absolute atomic E-state index is 0.172. The average Bonchev–Trinajstić information content (AvgIpc) is 2.97. The van der Waals surface area contributed by atoms with Gasteiger partial charge in [-0.05, 0) is 24.3 Å². The molecule has 4 N–H and O–H groups in total. The molecule has 2 amide bonds. The van der Waals surface area contributed by atoms with E-state index in [2.05, 4.69) is 10.0 Å². The highest BCUT2D eigenvalue weighted by Gasteiger charge is 2.53. The molecule has 0 aromatic heterocycles. The number of rotatable bonds is 9. The lowest BCUT2D eigenvalue weighted by molar-refractivity contribution is -0.141. The Bertz CT molecular complexity index is 864. The van der Waals surface area contributed by atoms with Crippen molar-refractivity contribution in [1.82, 2.24) is 14.9 Å². The van der Waals surface area contributed by atoms with Gasteiger partial charge in [0.2, 0.25) is 21.8 Å². The second-order valence-corrected chi connectivity index (χ2v) is 9.75. The molecule has 2 rings (SSSR count). The fraction of sp³-hybridized carbons (Fsp3) is 0.579. The second kappa shape index (κ2) is 9.46. The molecular formula is C19H30BN3O6S. The van der Waals surface area contributed by atoms with Gasteiger partial charge in [0.15, 0.2) is 0 Å². The molecule has 3 atom stereocenters. The highest BCUT2D eigenvalue weighted by atomic mass is 32.2. The number of sulfonamides is 1. The van der Waals surface area contributed by atoms with Crippen molar-refractivity contribution in [1.29, 1.82) is 0 Å². The molecule has 3 unspecified atom stereocenters. The zero-order chi connectivity index (χ0) is 22.7. The number of hydrogen-bond acceptors (Lipinski definition) is 6. The van der Waals surface area contributed by atoms with Crippen molar-refractivity contribution in [2.24, 2.45) is 5.92 Å². The molecule has 0 bridgehead atoms. The molecule has 0 aliphatic carbocycles. The highest BCUT2D eigenvalue weighted by molar-refractivity contribution is 7.88. The molecule has 0 radical (unpaired) electrons. The summed E-state index contributed by atoms with van der Waals surface area (Å²) in [4.78, 5) is 28.0. The van der Waals surface area contributed by atoms with Crippen LogP contribution in [0.5, 0.6) is 0 Å². The highest BCUT2D eigenvalue weighted by Crippen LogP contribution is 2.36. The quantitative estimate of drug-likeness (QED) is 0.394. The second-order valence-electron chi connectivity index (χ2n) is 8.00. The number of nitrogens with zero attached hydrogens (tertiary/aromatic N) is 1. The van der Waals surface area contributed by atoms with Crippen LogP contribution in [-0.2, 0) is 19.6 Å². The minimum Gasteiger partial charge on any atom is -0.426 e. The van der Waals surface area contributed by atoms with E-state index in [4.69, 9.17) is 0 Å². The summed E-state index contributed by atoms with van der Waals surface area (Å²) < 4.78 is 26.4. The van der Waals surface area contributed by atoms with Gasteiger partial charge in [-0.25, -0.2) is 8.42 Å². The van der Waals surface area contributed by atoms with E-state index < -0.39 is 46.5 Å². The summed E-state index contributed by atoms with van der Waals surface area (Å²) in [5.41, 5.74) is -0.800. The largest absolute Gasteiger partial charge is 0.475 e. The van der Waals surface area contributed by atoms with Crippen LogP contribution in [0.4, 0.5) is 0 Å². The lowest BCUT2D eigenvalue weighted by atomic mass is 9.77. The molecule has 30 heavy (non-hydrogen) atoms. The Morgan fingerprint density at radius 3 is 2.33 bits per heavy atom. The molecule has 1 heterocycles. The fourth-order valence-electron chi connectivity index (χ4n) is 3.84. The molecule has 11 heteroatoms. The summed E-state index contributed by atoms with van der Waals surface area (Å²) in [5, 5.41) is 21.6. The van der Waals surface area contributed by atoms with Gasteiger partial charge in [-0.3, -0.25) is 9.59 Å². The molecule has 166 valence electrons. The van der Waals surface area contributed by atoms with Gasteiger partial charge in [0.05, 0.1) is 12.2 Å². The van der Waals surface area contributed by atoms with Crippen LogP contribution in [0, 0.1) is 5.92 Å². The number of nitrogens with one attached hydrogen (secondary N) is 2. The first-order chi connectivity index (χ1) is 13.9. The van der Waals surface area contributed by atoms with Crippen LogP contribution in [0.1, 0.15) is 45.2 Å². The molecule has 1 fully saturated rings. The van der Waals surface area contributed by atoms with Gasteiger partial charge in [-0.15, -0.1) is 0 Å². The standard InChI is InChI=1S/C19H30BN3O6S/c1-5-15(20(26)27)21-17(24)16(14-9-7-6-8-10-14)23-12-11-19(13(2)3,18(23)25)22-30(4,28)29/h6-10,13,15-16,22,26-27H,5,11-12H2,1-4H3,(H,21,24). The molecule has 9 nitrogen and oxygen atoms in total. The summed E-state index contributed by atoms with van der Waals surface area (Å²) in [7, 11) is -5.42. The van der Waals surface area contributed by atoms with E-state index in [1.165, 1.54) is 4.90 Å². The number of carbonyl (C=O) groups excluding carboxylic acids is 2. The predicted molar refractivity (Wildman–Crippen MR) is 113 cm³/mol. The van der Waals surface area contributed by atoms with Crippen LogP contribution in [0.15, 0.2) is 30.3 Å². The normalized spacial score (nSPS) is 21.6. The predicted octanol–water partition coefficient (Wildman–Crippen LogP) is -0.189. The van der Waals surface area contributed by atoms with E-state index in [1.54, 1.807) is 51.1 Å². The maximum atomic E-state index is 13.5. The first-order valence-electron chi connectivity index (χ1n) is 9.94. The molecular weight excluding hydrogens is 409 g/mol.